The molecule has 0 unspecified atom stereocenters. The lowest BCUT2D eigenvalue weighted by Gasteiger charge is -2.10. The van der Waals surface area contributed by atoms with Gasteiger partial charge in [0, 0.05) is 11.1 Å². The number of carbonyl (C=O) groups is 2. The number of benzene rings is 1. The molecule has 4 N–H and O–H groups in total. The minimum absolute atomic E-state index is 0.00228. The van der Waals surface area contributed by atoms with E-state index in [1.54, 1.807) is 0 Å². The van der Waals surface area contributed by atoms with Crippen LogP contribution in [0.3, 0.4) is 0 Å². The van der Waals surface area contributed by atoms with Crippen molar-refractivity contribution < 1.29 is 23.1 Å². The maximum atomic E-state index is 11.9. The zero-order valence-corrected chi connectivity index (χ0v) is 11.7. The Kier molecular flexibility index (Phi) is 4.64. The van der Waals surface area contributed by atoms with Gasteiger partial charge < -0.3 is 10.4 Å². The first-order chi connectivity index (χ1) is 9.14. The van der Waals surface area contributed by atoms with Crippen molar-refractivity contribution in [2.45, 2.75) is 18.7 Å². The highest BCUT2D eigenvalue weighted by Gasteiger charge is 2.17. The third-order valence-corrected chi connectivity index (χ3v) is 3.63. The number of rotatable bonds is 4. The van der Waals surface area contributed by atoms with Gasteiger partial charge in [0.15, 0.2) is 0 Å². The number of anilines is 1. The monoisotopic (exact) mass is 298 g/mol. The fourth-order valence-corrected chi connectivity index (χ4v) is 2.06. The molecule has 1 aromatic rings. The van der Waals surface area contributed by atoms with E-state index in [4.69, 9.17) is 10.2 Å². The van der Waals surface area contributed by atoms with Gasteiger partial charge in [0.05, 0.1) is 5.69 Å². The van der Waals surface area contributed by atoms with Crippen LogP contribution in [-0.2, 0) is 19.6 Å². The van der Waals surface area contributed by atoms with Gasteiger partial charge in [-0.05, 0) is 26.0 Å². The summed E-state index contributed by atoms with van der Waals surface area (Å²) in [5.74, 6) is -1.93. The minimum Gasteiger partial charge on any atom is -0.478 e. The zero-order valence-electron chi connectivity index (χ0n) is 10.9. The Morgan fingerprint density at radius 1 is 1.15 bits per heavy atom. The molecule has 0 saturated heterocycles. The number of aliphatic carboxylic acids is 1. The number of carboxylic acid groups (broad SMARTS) is 1. The molecule has 1 rings (SSSR count). The van der Waals surface area contributed by atoms with Gasteiger partial charge in [-0.2, -0.15) is 0 Å². The fourth-order valence-electron chi connectivity index (χ4n) is 1.36. The molecule has 0 heterocycles. The molecule has 20 heavy (non-hydrogen) atoms. The van der Waals surface area contributed by atoms with Crippen LogP contribution in [-0.4, -0.2) is 25.4 Å². The second-order valence-electron chi connectivity index (χ2n) is 4.05. The molecule has 0 spiro atoms. The normalized spacial score (nSPS) is 12.6. The number of carbonyl (C=O) groups excluding carboxylic acids is 1. The molecule has 0 fully saturated rings. The Morgan fingerprint density at radius 2 is 1.70 bits per heavy atom. The van der Waals surface area contributed by atoms with Crippen molar-refractivity contribution in [2.75, 3.05) is 5.32 Å². The highest BCUT2D eigenvalue weighted by atomic mass is 32.2. The average molecular weight is 298 g/mol. The van der Waals surface area contributed by atoms with E-state index in [9.17, 15) is 18.0 Å². The number of hydrogen-bond donors (Lipinski definition) is 3. The predicted molar refractivity (Wildman–Crippen MR) is 72.5 cm³/mol. The molecule has 1 aromatic carbocycles. The predicted octanol–water partition coefficient (Wildman–Crippen LogP) is 0.694. The molecular formula is C12H14N2O5S. The minimum atomic E-state index is -3.99. The third-order valence-electron chi connectivity index (χ3n) is 2.67. The van der Waals surface area contributed by atoms with Crippen molar-refractivity contribution in [2.24, 2.45) is 5.14 Å². The van der Waals surface area contributed by atoms with Gasteiger partial charge in [-0.1, -0.05) is 12.1 Å². The molecule has 0 aliphatic rings. The van der Waals surface area contributed by atoms with Crippen LogP contribution in [0.15, 0.2) is 40.3 Å². The summed E-state index contributed by atoms with van der Waals surface area (Å²) in [6, 6.07) is 5.59. The van der Waals surface area contributed by atoms with Crippen LogP contribution < -0.4 is 10.5 Å². The molecule has 0 aliphatic carbocycles. The van der Waals surface area contributed by atoms with E-state index in [1.807, 2.05) is 0 Å². The lowest BCUT2D eigenvalue weighted by Crippen LogP contribution is -2.20. The Morgan fingerprint density at radius 3 is 2.20 bits per heavy atom. The van der Waals surface area contributed by atoms with Crippen LogP contribution in [0.1, 0.15) is 13.8 Å². The lowest BCUT2D eigenvalue weighted by molar-refractivity contribution is -0.133. The highest BCUT2D eigenvalue weighted by Crippen LogP contribution is 2.20. The summed E-state index contributed by atoms with van der Waals surface area (Å²) < 4.78 is 22.7. The van der Waals surface area contributed by atoms with E-state index in [1.165, 1.54) is 38.1 Å². The van der Waals surface area contributed by atoms with Gasteiger partial charge in [-0.25, -0.2) is 18.4 Å². The van der Waals surface area contributed by atoms with Gasteiger partial charge in [0.1, 0.15) is 4.90 Å². The second kappa shape index (κ2) is 5.85. The highest BCUT2D eigenvalue weighted by molar-refractivity contribution is 7.89. The maximum Gasteiger partial charge on any atom is 0.331 e. The first-order valence-corrected chi connectivity index (χ1v) is 7.03. The third kappa shape index (κ3) is 3.65. The second-order valence-corrected chi connectivity index (χ2v) is 5.58. The number of nitrogens with two attached hydrogens (primary N) is 1. The first kappa shape index (κ1) is 15.9. The molecule has 0 saturated carbocycles. The van der Waals surface area contributed by atoms with Crippen LogP contribution in [0.2, 0.25) is 0 Å². The molecule has 0 aliphatic heterocycles. The van der Waals surface area contributed by atoms with E-state index < -0.39 is 21.9 Å². The maximum absolute atomic E-state index is 11.9. The SMILES string of the molecule is CC(C(=O)O)=C(C)C(=O)Nc1ccccc1S(N)(=O)=O. The molecule has 1 amide bonds. The van der Waals surface area contributed by atoms with Crippen molar-refractivity contribution in [3.8, 4) is 0 Å². The quantitative estimate of drug-likeness (QED) is 0.705. The van der Waals surface area contributed by atoms with Crippen LogP contribution in [0.4, 0.5) is 5.69 Å². The number of primary sulfonamides is 1. The van der Waals surface area contributed by atoms with Crippen molar-refractivity contribution >= 4 is 27.6 Å². The summed E-state index contributed by atoms with van der Waals surface area (Å²) in [5, 5.41) is 16.2. The Labute approximate surface area is 116 Å². The number of para-hydroxylation sites is 1. The average Bonchev–Trinajstić information content (AvgIpc) is 2.36. The number of hydrogen-bond acceptors (Lipinski definition) is 4. The van der Waals surface area contributed by atoms with E-state index in [-0.39, 0.29) is 21.7 Å². The molecule has 0 aromatic heterocycles. The van der Waals surface area contributed by atoms with Crippen molar-refractivity contribution in [3.05, 3.63) is 35.4 Å². The molecule has 0 radical (unpaired) electrons. The molecule has 0 bridgehead atoms. The Hall–Kier alpha value is -2.19. The summed E-state index contributed by atoms with van der Waals surface area (Å²) in [4.78, 5) is 22.4. The van der Waals surface area contributed by atoms with Crippen LogP contribution in [0.5, 0.6) is 0 Å². The summed E-state index contributed by atoms with van der Waals surface area (Å²) >= 11 is 0. The molecule has 0 atom stereocenters. The topological polar surface area (TPSA) is 127 Å². The fraction of sp³-hybridized carbons (Fsp3) is 0.167. The van der Waals surface area contributed by atoms with E-state index in [2.05, 4.69) is 5.32 Å². The van der Waals surface area contributed by atoms with Gasteiger partial charge in [0.2, 0.25) is 10.0 Å². The number of carboxylic acids is 1. The summed E-state index contributed by atoms with van der Waals surface area (Å²) in [5.41, 5.74) is -0.158. The van der Waals surface area contributed by atoms with Gasteiger partial charge in [-0.15, -0.1) is 0 Å². The largest absolute Gasteiger partial charge is 0.478 e. The standard InChI is InChI=1S/C12H14N2O5S/c1-7(8(2)12(16)17)11(15)14-9-5-3-4-6-10(9)20(13,18)19/h3-6H,1-2H3,(H,14,15)(H,16,17)(H2,13,18,19). The first-order valence-electron chi connectivity index (χ1n) is 5.48. The van der Waals surface area contributed by atoms with Crippen molar-refractivity contribution in [1.29, 1.82) is 0 Å². The van der Waals surface area contributed by atoms with Gasteiger partial charge in [0.25, 0.3) is 5.91 Å². The summed E-state index contributed by atoms with van der Waals surface area (Å²) in [7, 11) is -3.99. The Bertz CT molecular complexity index is 692. The van der Waals surface area contributed by atoms with Gasteiger partial charge >= 0.3 is 5.97 Å². The number of amides is 1. The number of sulfonamides is 1. The van der Waals surface area contributed by atoms with Crippen molar-refractivity contribution in [3.63, 3.8) is 0 Å². The van der Waals surface area contributed by atoms with Crippen LogP contribution >= 0.6 is 0 Å². The van der Waals surface area contributed by atoms with Crippen LogP contribution in [0, 0.1) is 0 Å². The van der Waals surface area contributed by atoms with Crippen LogP contribution in [0.25, 0.3) is 0 Å². The smallest absolute Gasteiger partial charge is 0.331 e. The summed E-state index contributed by atoms with van der Waals surface area (Å²) in [6.45, 7) is 2.61. The molecule has 7 nitrogen and oxygen atoms in total. The lowest BCUT2D eigenvalue weighted by atomic mass is 10.1. The summed E-state index contributed by atoms with van der Waals surface area (Å²) in [6.07, 6.45) is 0. The molecule has 108 valence electrons. The van der Waals surface area contributed by atoms with Crippen molar-refractivity contribution in [1.82, 2.24) is 0 Å². The van der Waals surface area contributed by atoms with E-state index in [0.717, 1.165) is 0 Å². The Balaban J connectivity index is 3.17. The number of nitrogens with one attached hydrogen (secondary N) is 1. The van der Waals surface area contributed by atoms with E-state index in [0.29, 0.717) is 0 Å². The van der Waals surface area contributed by atoms with E-state index >= 15 is 0 Å². The molecule has 8 heteroatoms. The van der Waals surface area contributed by atoms with Gasteiger partial charge in [-0.3, -0.25) is 4.79 Å². The zero-order chi connectivity index (χ0) is 15.5. The molecular weight excluding hydrogens is 284 g/mol.